The fourth-order valence-corrected chi connectivity index (χ4v) is 2.46. The summed E-state index contributed by atoms with van der Waals surface area (Å²) in [6.07, 6.45) is -2.90. The number of fused-ring (bicyclic) bond motifs is 1. The van der Waals surface area contributed by atoms with Gasteiger partial charge in [-0.2, -0.15) is 13.2 Å². The van der Waals surface area contributed by atoms with Crippen LogP contribution in [-0.2, 0) is 12.7 Å². The van der Waals surface area contributed by atoms with Crippen LogP contribution in [0.3, 0.4) is 0 Å². The second-order valence-electron chi connectivity index (χ2n) is 5.43. The van der Waals surface area contributed by atoms with Crippen molar-refractivity contribution in [2.75, 3.05) is 6.61 Å². The number of aromatic nitrogens is 2. The molecule has 0 saturated heterocycles. The van der Waals surface area contributed by atoms with Crippen molar-refractivity contribution in [1.29, 1.82) is 0 Å². The molecule has 0 bridgehead atoms. The molecule has 0 N–H and O–H groups in total. The van der Waals surface area contributed by atoms with Crippen molar-refractivity contribution in [3.05, 3.63) is 72.6 Å². The Morgan fingerprint density at radius 2 is 1.85 bits per heavy atom. The third-order valence-corrected chi connectivity index (χ3v) is 3.60. The lowest BCUT2D eigenvalue weighted by molar-refractivity contribution is -0.146. The Morgan fingerprint density at radius 1 is 1.12 bits per heavy atom. The van der Waals surface area contributed by atoms with Crippen molar-refractivity contribution in [3.63, 3.8) is 0 Å². The zero-order valence-electron chi connectivity index (χ0n) is 13.8. The second kappa shape index (κ2) is 7.36. The predicted molar refractivity (Wildman–Crippen MR) is 93.7 cm³/mol. The van der Waals surface area contributed by atoms with Gasteiger partial charge in [-0.3, -0.25) is 0 Å². The van der Waals surface area contributed by atoms with Gasteiger partial charge in [0.25, 0.3) is 0 Å². The van der Waals surface area contributed by atoms with Crippen LogP contribution in [0.25, 0.3) is 11.0 Å². The summed E-state index contributed by atoms with van der Waals surface area (Å²) in [5.74, 6) is 5.39. The number of hydrogen-bond donors (Lipinski definition) is 0. The van der Waals surface area contributed by atoms with E-state index in [4.69, 9.17) is 4.74 Å². The SMILES string of the molecule is C=CCOc1ccc(C#CCn2c(C(F)(F)F)nc3ccccc32)cc1. The van der Waals surface area contributed by atoms with E-state index in [1.807, 2.05) is 0 Å². The minimum atomic E-state index is -4.54. The maximum atomic E-state index is 13.2. The summed E-state index contributed by atoms with van der Waals surface area (Å²) in [5.41, 5.74) is 1.39. The Labute approximate surface area is 148 Å². The monoisotopic (exact) mass is 356 g/mol. The number of hydrogen-bond acceptors (Lipinski definition) is 2. The van der Waals surface area contributed by atoms with Gasteiger partial charge in [0.2, 0.25) is 5.82 Å². The zero-order chi connectivity index (χ0) is 18.6. The maximum absolute atomic E-state index is 13.2. The average Bonchev–Trinajstić information content (AvgIpc) is 3.00. The number of alkyl halides is 3. The molecule has 0 unspecified atom stereocenters. The van der Waals surface area contributed by atoms with Gasteiger partial charge >= 0.3 is 6.18 Å². The van der Waals surface area contributed by atoms with Crippen LogP contribution in [0.2, 0.25) is 0 Å². The molecule has 2 aromatic carbocycles. The van der Waals surface area contributed by atoms with Crippen LogP contribution in [0.5, 0.6) is 5.75 Å². The minimum absolute atomic E-state index is 0.107. The van der Waals surface area contributed by atoms with Gasteiger partial charge in [0, 0.05) is 5.56 Å². The highest BCUT2D eigenvalue weighted by atomic mass is 19.4. The molecule has 1 heterocycles. The molecule has 0 aliphatic heterocycles. The van der Waals surface area contributed by atoms with E-state index in [1.165, 1.54) is 0 Å². The number of imidazole rings is 1. The lowest BCUT2D eigenvalue weighted by Gasteiger charge is -2.08. The highest BCUT2D eigenvalue weighted by Crippen LogP contribution is 2.31. The molecule has 26 heavy (non-hydrogen) atoms. The Kier molecular flexibility index (Phi) is 4.99. The number of nitrogens with zero attached hydrogens (tertiary/aromatic N) is 2. The molecule has 3 aromatic rings. The van der Waals surface area contributed by atoms with Gasteiger partial charge < -0.3 is 9.30 Å². The van der Waals surface area contributed by atoms with E-state index >= 15 is 0 Å². The quantitative estimate of drug-likeness (QED) is 0.502. The Morgan fingerprint density at radius 3 is 2.54 bits per heavy atom. The molecular weight excluding hydrogens is 341 g/mol. The molecule has 0 fully saturated rings. The third kappa shape index (κ3) is 3.89. The summed E-state index contributed by atoms with van der Waals surface area (Å²) in [6.45, 7) is 3.86. The van der Waals surface area contributed by atoms with Crippen molar-refractivity contribution >= 4 is 11.0 Å². The van der Waals surface area contributed by atoms with Gasteiger partial charge in [-0.1, -0.05) is 36.6 Å². The molecule has 0 radical (unpaired) electrons. The molecule has 3 rings (SSSR count). The molecule has 0 amide bonds. The fraction of sp³-hybridized carbons (Fsp3) is 0.150. The first-order valence-corrected chi connectivity index (χ1v) is 7.84. The highest BCUT2D eigenvalue weighted by Gasteiger charge is 2.37. The molecule has 0 atom stereocenters. The van der Waals surface area contributed by atoms with Crippen LogP contribution in [0.1, 0.15) is 11.4 Å². The molecule has 0 spiro atoms. The van der Waals surface area contributed by atoms with Crippen molar-refractivity contribution in [3.8, 4) is 17.6 Å². The molecule has 3 nitrogen and oxygen atoms in total. The fourth-order valence-electron chi connectivity index (χ4n) is 2.46. The van der Waals surface area contributed by atoms with E-state index < -0.39 is 12.0 Å². The highest BCUT2D eigenvalue weighted by molar-refractivity contribution is 5.76. The average molecular weight is 356 g/mol. The molecule has 1 aromatic heterocycles. The van der Waals surface area contributed by atoms with Crippen molar-refractivity contribution < 1.29 is 17.9 Å². The van der Waals surface area contributed by atoms with Crippen LogP contribution in [0, 0.1) is 11.8 Å². The first-order chi connectivity index (χ1) is 12.5. The molecule has 6 heteroatoms. The number of benzene rings is 2. The van der Waals surface area contributed by atoms with E-state index in [-0.39, 0.29) is 6.54 Å². The molecule has 0 aliphatic rings. The first-order valence-electron chi connectivity index (χ1n) is 7.84. The van der Waals surface area contributed by atoms with Crippen LogP contribution >= 0.6 is 0 Å². The smallest absolute Gasteiger partial charge is 0.449 e. The molecule has 0 aliphatic carbocycles. The largest absolute Gasteiger partial charge is 0.490 e. The Balaban J connectivity index is 1.84. The summed E-state index contributed by atoms with van der Waals surface area (Å²) in [6, 6.07) is 13.5. The molecular formula is C20H15F3N2O. The predicted octanol–water partition coefficient (Wildman–Crippen LogP) is 4.67. The summed E-state index contributed by atoms with van der Waals surface area (Å²) in [7, 11) is 0. The molecule has 132 valence electrons. The van der Waals surface area contributed by atoms with Crippen LogP contribution < -0.4 is 4.74 Å². The summed E-state index contributed by atoms with van der Waals surface area (Å²) < 4.78 is 46.2. The van der Waals surface area contributed by atoms with Gasteiger partial charge in [-0.05, 0) is 36.4 Å². The number of rotatable bonds is 4. The van der Waals surface area contributed by atoms with Gasteiger partial charge in [0.05, 0.1) is 17.6 Å². The Hall–Kier alpha value is -3.20. The van der Waals surface area contributed by atoms with Gasteiger partial charge in [0.1, 0.15) is 12.4 Å². The lowest BCUT2D eigenvalue weighted by Crippen LogP contribution is -2.14. The van der Waals surface area contributed by atoms with Crippen LogP contribution in [0.15, 0.2) is 61.2 Å². The van der Waals surface area contributed by atoms with E-state index in [1.54, 1.807) is 54.6 Å². The van der Waals surface area contributed by atoms with Gasteiger partial charge in [-0.15, -0.1) is 0 Å². The summed E-state index contributed by atoms with van der Waals surface area (Å²) in [4.78, 5) is 3.70. The minimum Gasteiger partial charge on any atom is -0.490 e. The normalized spacial score (nSPS) is 11.0. The van der Waals surface area contributed by atoms with E-state index in [0.29, 0.717) is 29.0 Å². The summed E-state index contributed by atoms with van der Waals surface area (Å²) >= 11 is 0. The second-order valence-corrected chi connectivity index (χ2v) is 5.43. The van der Waals surface area contributed by atoms with Crippen molar-refractivity contribution in [2.45, 2.75) is 12.7 Å². The summed E-state index contributed by atoms with van der Waals surface area (Å²) in [5, 5.41) is 0. The number of halogens is 3. The maximum Gasteiger partial charge on any atom is 0.449 e. The third-order valence-electron chi connectivity index (χ3n) is 3.60. The topological polar surface area (TPSA) is 27.1 Å². The van der Waals surface area contributed by atoms with Crippen LogP contribution in [-0.4, -0.2) is 16.2 Å². The number of ether oxygens (including phenoxy) is 1. The van der Waals surface area contributed by atoms with Crippen LogP contribution in [0.4, 0.5) is 13.2 Å². The zero-order valence-corrected chi connectivity index (χ0v) is 13.8. The van der Waals surface area contributed by atoms with E-state index in [9.17, 15) is 13.2 Å². The standard InChI is InChI=1S/C20H15F3N2O/c1-2-14-26-16-11-9-15(10-12-16)6-5-13-25-18-8-4-3-7-17(18)24-19(25)20(21,22)23/h2-4,7-12H,1,13-14H2. The Bertz CT molecular complexity index is 976. The van der Waals surface area contributed by atoms with Gasteiger partial charge in [0.15, 0.2) is 0 Å². The van der Waals surface area contributed by atoms with Crippen molar-refractivity contribution in [1.82, 2.24) is 9.55 Å². The van der Waals surface area contributed by atoms with Crippen molar-refractivity contribution in [2.24, 2.45) is 0 Å². The van der Waals surface area contributed by atoms with E-state index in [0.717, 1.165) is 4.57 Å². The first kappa shape index (κ1) is 17.6. The van der Waals surface area contributed by atoms with Gasteiger partial charge in [-0.25, -0.2) is 4.98 Å². The lowest BCUT2D eigenvalue weighted by atomic mass is 10.2. The molecule has 0 saturated carbocycles. The van der Waals surface area contributed by atoms with E-state index in [2.05, 4.69) is 23.4 Å². The number of para-hydroxylation sites is 2.